The molecule has 1 aliphatic carbocycles. The second kappa shape index (κ2) is 7.83. The number of hydrogen-bond acceptors (Lipinski definition) is 3. The van der Waals surface area contributed by atoms with Crippen LogP contribution < -0.4 is 10.1 Å². The summed E-state index contributed by atoms with van der Waals surface area (Å²) in [6.07, 6.45) is 5.62. The van der Waals surface area contributed by atoms with E-state index in [0.717, 1.165) is 29.0 Å². The monoisotopic (exact) mass is 395 g/mol. The second-order valence-corrected chi connectivity index (χ2v) is 8.18. The van der Waals surface area contributed by atoms with Gasteiger partial charge in [-0.1, -0.05) is 54.6 Å². The van der Waals surface area contributed by atoms with Crippen molar-refractivity contribution in [3.05, 3.63) is 107 Å². The minimum atomic E-state index is 0.115. The van der Waals surface area contributed by atoms with Crippen molar-refractivity contribution in [2.24, 2.45) is 5.92 Å². The molecule has 1 N–H and O–H groups in total. The lowest BCUT2D eigenvalue weighted by Gasteiger charge is -2.37. The van der Waals surface area contributed by atoms with Crippen molar-refractivity contribution in [2.45, 2.75) is 31.9 Å². The van der Waals surface area contributed by atoms with Gasteiger partial charge in [0.05, 0.1) is 6.04 Å². The summed E-state index contributed by atoms with van der Waals surface area (Å²) in [5, 5.41) is 3.74. The standard InChI is InChI=1S/C27H25NO2/c1-18(29)21-12-15-26-25(16-21)23-8-5-9-24(23)27(28-26)20-10-13-22(14-11-20)30-17-19-6-3-2-4-7-19/h2-8,10-16,23-24,27-28H,9,17H2,1H3. The highest BCUT2D eigenvalue weighted by Crippen LogP contribution is 2.50. The number of fused-ring (bicyclic) bond motifs is 3. The minimum absolute atomic E-state index is 0.115. The molecule has 30 heavy (non-hydrogen) atoms. The number of hydrogen-bond donors (Lipinski definition) is 1. The Balaban J connectivity index is 1.36. The summed E-state index contributed by atoms with van der Waals surface area (Å²) in [5.74, 6) is 1.80. The number of anilines is 1. The maximum Gasteiger partial charge on any atom is 0.159 e. The Morgan fingerprint density at radius 1 is 1.03 bits per heavy atom. The van der Waals surface area contributed by atoms with Crippen LogP contribution in [0.1, 0.15) is 52.4 Å². The lowest BCUT2D eigenvalue weighted by molar-refractivity contribution is 0.101. The van der Waals surface area contributed by atoms with Gasteiger partial charge in [0.2, 0.25) is 0 Å². The smallest absolute Gasteiger partial charge is 0.159 e. The first-order valence-electron chi connectivity index (χ1n) is 10.5. The van der Waals surface area contributed by atoms with Gasteiger partial charge in [0.25, 0.3) is 0 Å². The van der Waals surface area contributed by atoms with E-state index in [1.54, 1.807) is 6.92 Å². The average Bonchev–Trinajstić information content (AvgIpc) is 3.28. The van der Waals surface area contributed by atoms with Crippen LogP contribution in [0.5, 0.6) is 5.75 Å². The summed E-state index contributed by atoms with van der Waals surface area (Å²) in [4.78, 5) is 11.8. The largest absolute Gasteiger partial charge is 0.489 e. The maximum atomic E-state index is 11.8. The van der Waals surface area contributed by atoms with Crippen LogP contribution in [0.25, 0.3) is 0 Å². The van der Waals surface area contributed by atoms with E-state index in [1.165, 1.54) is 11.1 Å². The Labute approximate surface area is 177 Å². The van der Waals surface area contributed by atoms with Crippen LogP contribution in [0.3, 0.4) is 0 Å². The van der Waals surface area contributed by atoms with Crippen molar-refractivity contribution >= 4 is 11.5 Å². The molecule has 3 unspecified atom stereocenters. The molecule has 1 heterocycles. The van der Waals surface area contributed by atoms with Gasteiger partial charge >= 0.3 is 0 Å². The van der Waals surface area contributed by atoms with Crippen LogP contribution in [0.2, 0.25) is 0 Å². The van der Waals surface area contributed by atoms with E-state index in [2.05, 4.69) is 66.0 Å². The van der Waals surface area contributed by atoms with Gasteiger partial charge in [-0.3, -0.25) is 4.79 Å². The highest BCUT2D eigenvalue weighted by atomic mass is 16.5. The topological polar surface area (TPSA) is 38.3 Å². The molecule has 2 aliphatic rings. The third kappa shape index (κ3) is 3.52. The van der Waals surface area contributed by atoms with Crippen LogP contribution in [0, 0.1) is 5.92 Å². The lowest BCUT2D eigenvalue weighted by atomic mass is 9.76. The van der Waals surface area contributed by atoms with Crippen molar-refractivity contribution in [3.63, 3.8) is 0 Å². The predicted molar refractivity (Wildman–Crippen MR) is 120 cm³/mol. The van der Waals surface area contributed by atoms with Gasteiger partial charge in [0.1, 0.15) is 12.4 Å². The van der Waals surface area contributed by atoms with Gasteiger partial charge in [0.15, 0.2) is 5.78 Å². The molecular formula is C27H25NO2. The van der Waals surface area contributed by atoms with Crippen molar-refractivity contribution in [1.29, 1.82) is 0 Å². The van der Waals surface area contributed by atoms with Gasteiger partial charge in [-0.25, -0.2) is 0 Å². The molecule has 3 nitrogen and oxygen atoms in total. The molecule has 0 saturated heterocycles. The molecule has 3 atom stereocenters. The molecule has 0 amide bonds. The number of carbonyl (C=O) groups is 1. The van der Waals surface area contributed by atoms with E-state index < -0.39 is 0 Å². The molecule has 1 aliphatic heterocycles. The lowest BCUT2D eigenvalue weighted by Crippen LogP contribution is -2.29. The van der Waals surface area contributed by atoms with Crippen LogP contribution in [0.15, 0.2) is 84.9 Å². The zero-order chi connectivity index (χ0) is 20.5. The van der Waals surface area contributed by atoms with Crippen molar-refractivity contribution < 1.29 is 9.53 Å². The number of allylic oxidation sites excluding steroid dienone is 2. The number of rotatable bonds is 5. The summed E-state index contributed by atoms with van der Waals surface area (Å²) in [7, 11) is 0. The van der Waals surface area contributed by atoms with Gasteiger partial charge in [-0.2, -0.15) is 0 Å². The zero-order valence-corrected chi connectivity index (χ0v) is 17.0. The molecule has 3 aromatic carbocycles. The minimum Gasteiger partial charge on any atom is -0.489 e. The SMILES string of the molecule is CC(=O)c1ccc2c(c1)C1C=CCC1C(c1ccc(OCc3ccccc3)cc1)N2. The first-order valence-corrected chi connectivity index (χ1v) is 10.5. The molecule has 0 bridgehead atoms. The number of carbonyl (C=O) groups excluding carboxylic acids is 1. The van der Waals surface area contributed by atoms with Crippen LogP contribution in [-0.2, 0) is 6.61 Å². The Hall–Kier alpha value is -3.33. The number of benzene rings is 3. The third-order valence-corrected chi connectivity index (χ3v) is 6.26. The Morgan fingerprint density at radius 3 is 2.60 bits per heavy atom. The van der Waals surface area contributed by atoms with E-state index in [1.807, 2.05) is 24.3 Å². The van der Waals surface area contributed by atoms with Crippen LogP contribution in [-0.4, -0.2) is 5.78 Å². The molecule has 0 fully saturated rings. The summed E-state index contributed by atoms with van der Waals surface area (Å²) in [6, 6.07) is 25.0. The maximum absolute atomic E-state index is 11.8. The third-order valence-electron chi connectivity index (χ3n) is 6.26. The molecule has 0 saturated carbocycles. The number of ether oxygens (including phenoxy) is 1. The summed E-state index contributed by atoms with van der Waals surface area (Å²) < 4.78 is 5.95. The van der Waals surface area contributed by atoms with Gasteiger partial charge in [-0.15, -0.1) is 0 Å². The summed E-state index contributed by atoms with van der Waals surface area (Å²) in [5.41, 5.74) is 5.58. The molecule has 5 rings (SSSR count). The molecule has 3 heteroatoms. The predicted octanol–water partition coefficient (Wildman–Crippen LogP) is 6.29. The second-order valence-electron chi connectivity index (χ2n) is 8.18. The van der Waals surface area contributed by atoms with E-state index in [4.69, 9.17) is 4.74 Å². The molecule has 3 aromatic rings. The first kappa shape index (κ1) is 18.7. The number of ketones is 1. The van der Waals surface area contributed by atoms with Gasteiger partial charge < -0.3 is 10.1 Å². The first-order chi connectivity index (χ1) is 14.7. The van der Waals surface area contributed by atoms with Crippen LogP contribution in [0.4, 0.5) is 5.69 Å². The van der Waals surface area contributed by atoms with Crippen molar-refractivity contribution in [1.82, 2.24) is 0 Å². The summed E-state index contributed by atoms with van der Waals surface area (Å²) >= 11 is 0. The van der Waals surface area contributed by atoms with E-state index in [-0.39, 0.29) is 11.8 Å². The van der Waals surface area contributed by atoms with E-state index in [0.29, 0.717) is 18.4 Å². The highest BCUT2D eigenvalue weighted by Gasteiger charge is 2.38. The van der Waals surface area contributed by atoms with E-state index >= 15 is 0 Å². The van der Waals surface area contributed by atoms with E-state index in [9.17, 15) is 4.79 Å². The Morgan fingerprint density at radius 2 is 1.83 bits per heavy atom. The molecule has 150 valence electrons. The molecule has 0 spiro atoms. The fourth-order valence-corrected chi connectivity index (χ4v) is 4.66. The molecular weight excluding hydrogens is 370 g/mol. The van der Waals surface area contributed by atoms with Crippen molar-refractivity contribution in [2.75, 3.05) is 5.32 Å². The van der Waals surface area contributed by atoms with Crippen LogP contribution >= 0.6 is 0 Å². The molecule has 0 radical (unpaired) electrons. The zero-order valence-electron chi connectivity index (χ0n) is 17.0. The summed E-state index contributed by atoms with van der Waals surface area (Å²) in [6.45, 7) is 2.20. The van der Waals surface area contributed by atoms with Gasteiger partial charge in [-0.05, 0) is 66.3 Å². The Kier molecular flexibility index (Phi) is 4.88. The fourth-order valence-electron chi connectivity index (χ4n) is 4.66. The highest BCUT2D eigenvalue weighted by molar-refractivity contribution is 5.95. The fraction of sp³-hybridized carbons (Fsp3) is 0.222. The quantitative estimate of drug-likeness (QED) is 0.407. The Bertz CT molecular complexity index is 1090. The van der Waals surface area contributed by atoms with Crippen molar-refractivity contribution in [3.8, 4) is 5.75 Å². The average molecular weight is 396 g/mol. The molecule has 0 aromatic heterocycles. The number of nitrogens with one attached hydrogen (secondary N) is 1. The number of Topliss-reactive ketones (excluding diaryl/α,β-unsaturated/α-hetero) is 1. The van der Waals surface area contributed by atoms with Gasteiger partial charge in [0, 0.05) is 17.2 Å². The normalized spacial score (nSPS) is 21.4.